The van der Waals surface area contributed by atoms with Crippen LogP contribution in [0.2, 0.25) is 0 Å². The molecule has 2 aliphatic heterocycles. The standard InChI is InChI=1S/C18H26N2O2/c1-14(15-7-11-22-12-8-15)19-17-6-4-5-16(13-17)18(21)20-9-2-3-10-20/h4-6,13-15,19H,2-3,7-12H2,1H3. The summed E-state index contributed by atoms with van der Waals surface area (Å²) < 4.78 is 5.43. The summed E-state index contributed by atoms with van der Waals surface area (Å²) in [6.07, 6.45) is 4.48. The predicted octanol–water partition coefficient (Wildman–Crippen LogP) is 3.15. The van der Waals surface area contributed by atoms with Crippen molar-refractivity contribution in [2.75, 3.05) is 31.6 Å². The Hall–Kier alpha value is -1.55. The summed E-state index contributed by atoms with van der Waals surface area (Å²) in [7, 11) is 0. The summed E-state index contributed by atoms with van der Waals surface area (Å²) in [5, 5.41) is 3.57. The van der Waals surface area contributed by atoms with E-state index < -0.39 is 0 Å². The Morgan fingerprint density at radius 3 is 2.73 bits per heavy atom. The highest BCUT2D eigenvalue weighted by Gasteiger charge is 2.22. The van der Waals surface area contributed by atoms with E-state index in [-0.39, 0.29) is 5.91 Å². The first-order valence-electron chi connectivity index (χ1n) is 8.47. The smallest absolute Gasteiger partial charge is 0.253 e. The van der Waals surface area contributed by atoms with Crippen LogP contribution >= 0.6 is 0 Å². The van der Waals surface area contributed by atoms with Gasteiger partial charge in [-0.05, 0) is 56.7 Å². The number of nitrogens with zero attached hydrogens (tertiary/aromatic N) is 1. The molecule has 4 nitrogen and oxygen atoms in total. The van der Waals surface area contributed by atoms with Crippen LogP contribution < -0.4 is 5.32 Å². The summed E-state index contributed by atoms with van der Waals surface area (Å²) in [6, 6.07) is 8.35. The van der Waals surface area contributed by atoms with Crippen molar-refractivity contribution >= 4 is 11.6 Å². The van der Waals surface area contributed by atoms with Crippen LogP contribution in [0.1, 0.15) is 43.0 Å². The van der Waals surface area contributed by atoms with Gasteiger partial charge in [-0.15, -0.1) is 0 Å². The van der Waals surface area contributed by atoms with Crippen LogP contribution in [0, 0.1) is 5.92 Å². The SMILES string of the molecule is CC(Nc1cccc(C(=O)N2CCCC2)c1)C1CCOCC1. The molecule has 1 aromatic carbocycles. The van der Waals surface area contributed by atoms with E-state index in [4.69, 9.17) is 4.74 Å². The highest BCUT2D eigenvalue weighted by Crippen LogP contribution is 2.23. The van der Waals surface area contributed by atoms with Gasteiger partial charge in [0.05, 0.1) is 0 Å². The van der Waals surface area contributed by atoms with E-state index >= 15 is 0 Å². The third kappa shape index (κ3) is 3.61. The number of likely N-dealkylation sites (tertiary alicyclic amines) is 1. The van der Waals surface area contributed by atoms with E-state index in [2.05, 4.69) is 18.3 Å². The number of amides is 1. The molecule has 120 valence electrons. The van der Waals surface area contributed by atoms with Crippen LogP contribution in [-0.2, 0) is 4.74 Å². The number of anilines is 1. The van der Waals surface area contributed by atoms with Crippen molar-refractivity contribution in [3.05, 3.63) is 29.8 Å². The quantitative estimate of drug-likeness (QED) is 0.929. The summed E-state index contributed by atoms with van der Waals surface area (Å²) >= 11 is 0. The van der Waals surface area contributed by atoms with Crippen molar-refractivity contribution < 1.29 is 9.53 Å². The zero-order chi connectivity index (χ0) is 15.4. The Bertz CT molecular complexity index is 506. The molecule has 0 aromatic heterocycles. The third-order valence-electron chi connectivity index (χ3n) is 4.87. The average Bonchev–Trinajstić information content (AvgIpc) is 3.09. The number of nitrogens with one attached hydrogen (secondary N) is 1. The Labute approximate surface area is 132 Å². The van der Waals surface area contributed by atoms with Crippen LogP contribution in [-0.4, -0.2) is 43.2 Å². The minimum atomic E-state index is 0.167. The Morgan fingerprint density at radius 1 is 1.27 bits per heavy atom. The normalized spacial score (nSPS) is 20.9. The lowest BCUT2D eigenvalue weighted by molar-refractivity contribution is 0.0622. The monoisotopic (exact) mass is 302 g/mol. The summed E-state index contributed by atoms with van der Waals surface area (Å²) in [4.78, 5) is 14.4. The first kappa shape index (κ1) is 15.3. The topological polar surface area (TPSA) is 41.6 Å². The maximum Gasteiger partial charge on any atom is 0.253 e. The lowest BCUT2D eigenvalue weighted by atomic mass is 9.93. The highest BCUT2D eigenvalue weighted by molar-refractivity contribution is 5.95. The molecule has 0 aliphatic carbocycles. The molecule has 3 rings (SSSR count). The van der Waals surface area contributed by atoms with Crippen LogP contribution in [0.3, 0.4) is 0 Å². The highest BCUT2D eigenvalue weighted by atomic mass is 16.5. The van der Waals surface area contributed by atoms with E-state index in [1.807, 2.05) is 23.1 Å². The molecule has 0 spiro atoms. The lowest BCUT2D eigenvalue weighted by Crippen LogP contribution is -2.31. The third-order valence-corrected chi connectivity index (χ3v) is 4.87. The van der Waals surface area contributed by atoms with Gasteiger partial charge in [-0.25, -0.2) is 0 Å². The Balaban J connectivity index is 1.64. The first-order valence-corrected chi connectivity index (χ1v) is 8.47. The molecule has 2 fully saturated rings. The van der Waals surface area contributed by atoms with Gasteiger partial charge in [0.2, 0.25) is 0 Å². The molecular weight excluding hydrogens is 276 g/mol. The average molecular weight is 302 g/mol. The molecule has 1 atom stereocenters. The fourth-order valence-electron chi connectivity index (χ4n) is 3.44. The number of benzene rings is 1. The van der Waals surface area contributed by atoms with Crippen LogP contribution in [0.5, 0.6) is 0 Å². The van der Waals surface area contributed by atoms with Gasteiger partial charge in [-0.1, -0.05) is 6.07 Å². The fourth-order valence-corrected chi connectivity index (χ4v) is 3.44. The zero-order valence-corrected chi connectivity index (χ0v) is 13.4. The number of ether oxygens (including phenoxy) is 1. The van der Waals surface area contributed by atoms with Crippen LogP contribution in [0.4, 0.5) is 5.69 Å². The van der Waals surface area contributed by atoms with Crippen LogP contribution in [0.15, 0.2) is 24.3 Å². The van der Waals surface area contributed by atoms with E-state index in [1.54, 1.807) is 0 Å². The van der Waals surface area contributed by atoms with Gasteiger partial charge in [0.15, 0.2) is 0 Å². The second-order valence-electron chi connectivity index (χ2n) is 6.46. The number of hydrogen-bond acceptors (Lipinski definition) is 3. The van der Waals surface area contributed by atoms with E-state index in [9.17, 15) is 4.79 Å². The summed E-state index contributed by atoms with van der Waals surface area (Å²) in [5.74, 6) is 0.812. The first-order chi connectivity index (χ1) is 10.7. The molecule has 1 aromatic rings. The van der Waals surface area contributed by atoms with Gasteiger partial charge in [0, 0.05) is 43.6 Å². The zero-order valence-electron chi connectivity index (χ0n) is 13.4. The second-order valence-corrected chi connectivity index (χ2v) is 6.46. The van der Waals surface area contributed by atoms with Crippen molar-refractivity contribution in [3.63, 3.8) is 0 Å². The molecule has 1 unspecified atom stereocenters. The molecule has 2 saturated heterocycles. The molecule has 0 saturated carbocycles. The minimum Gasteiger partial charge on any atom is -0.382 e. The number of carbonyl (C=O) groups excluding carboxylic acids is 1. The van der Waals surface area contributed by atoms with Gasteiger partial charge in [-0.2, -0.15) is 0 Å². The molecule has 0 bridgehead atoms. The molecule has 4 heteroatoms. The number of hydrogen-bond donors (Lipinski definition) is 1. The number of carbonyl (C=O) groups is 1. The van der Waals surface area contributed by atoms with Gasteiger partial charge < -0.3 is 15.0 Å². The molecule has 2 aliphatic rings. The van der Waals surface area contributed by atoms with Gasteiger partial charge in [0.1, 0.15) is 0 Å². The Morgan fingerprint density at radius 2 is 2.00 bits per heavy atom. The summed E-state index contributed by atoms with van der Waals surface area (Å²) in [5.41, 5.74) is 1.84. The van der Waals surface area contributed by atoms with Gasteiger partial charge >= 0.3 is 0 Å². The van der Waals surface area contributed by atoms with Crippen molar-refractivity contribution in [1.82, 2.24) is 4.90 Å². The molecule has 1 amide bonds. The van der Waals surface area contributed by atoms with Crippen molar-refractivity contribution in [1.29, 1.82) is 0 Å². The molecule has 0 radical (unpaired) electrons. The largest absolute Gasteiger partial charge is 0.382 e. The molecule has 22 heavy (non-hydrogen) atoms. The van der Waals surface area contributed by atoms with Crippen molar-refractivity contribution in [3.8, 4) is 0 Å². The van der Waals surface area contributed by atoms with E-state index in [0.29, 0.717) is 12.0 Å². The molecule has 1 N–H and O–H groups in total. The summed E-state index contributed by atoms with van der Waals surface area (Å²) in [6.45, 7) is 5.75. The van der Waals surface area contributed by atoms with Crippen molar-refractivity contribution in [2.24, 2.45) is 5.92 Å². The van der Waals surface area contributed by atoms with Gasteiger partial charge in [-0.3, -0.25) is 4.79 Å². The van der Waals surface area contributed by atoms with Crippen molar-refractivity contribution in [2.45, 2.75) is 38.6 Å². The Kier molecular flexibility index (Phi) is 4.98. The number of rotatable bonds is 4. The minimum absolute atomic E-state index is 0.167. The second kappa shape index (κ2) is 7.14. The fraction of sp³-hybridized carbons (Fsp3) is 0.611. The van der Waals surface area contributed by atoms with Gasteiger partial charge in [0.25, 0.3) is 5.91 Å². The predicted molar refractivity (Wildman–Crippen MR) is 88.2 cm³/mol. The van der Waals surface area contributed by atoms with E-state index in [1.165, 1.54) is 0 Å². The molecule has 2 heterocycles. The lowest BCUT2D eigenvalue weighted by Gasteiger charge is -2.29. The molecular formula is C18H26N2O2. The maximum atomic E-state index is 12.5. The maximum absolute atomic E-state index is 12.5. The van der Waals surface area contributed by atoms with Crippen LogP contribution in [0.25, 0.3) is 0 Å². The van der Waals surface area contributed by atoms with E-state index in [0.717, 1.165) is 63.2 Å².